The predicted molar refractivity (Wildman–Crippen MR) is 162 cm³/mol. The second kappa shape index (κ2) is 13.7. The van der Waals surface area contributed by atoms with Crippen LogP contribution in [0.25, 0.3) is 22.8 Å². The van der Waals surface area contributed by atoms with Crippen LogP contribution in [0.4, 0.5) is 5.69 Å². The van der Waals surface area contributed by atoms with E-state index in [0.717, 1.165) is 18.5 Å². The third-order valence-electron chi connectivity index (χ3n) is 6.26. The first-order valence-electron chi connectivity index (χ1n) is 13.0. The minimum atomic E-state index is 0.00720. The SMILES string of the molecule is C=CCCC=Cc1ccc(C(/C=C(\C=C/C)c2ccccc2)Nc2ccc(-c3ccccc3)cc2)cc1. The summed E-state index contributed by atoms with van der Waals surface area (Å²) in [6, 6.07) is 38.6. The number of allylic oxidation sites excluding steroid dienone is 5. The van der Waals surface area contributed by atoms with Crippen LogP contribution in [0.2, 0.25) is 0 Å². The number of benzene rings is 4. The molecule has 4 aromatic carbocycles. The summed E-state index contributed by atoms with van der Waals surface area (Å²) >= 11 is 0. The number of nitrogens with one attached hydrogen (secondary N) is 1. The van der Waals surface area contributed by atoms with Gasteiger partial charge in [-0.25, -0.2) is 0 Å². The molecule has 0 spiro atoms. The molecule has 1 atom stereocenters. The van der Waals surface area contributed by atoms with Crippen LogP contribution in [0.3, 0.4) is 0 Å². The van der Waals surface area contributed by atoms with Gasteiger partial charge in [-0.05, 0) is 65.3 Å². The zero-order chi connectivity index (χ0) is 25.7. The van der Waals surface area contributed by atoms with Gasteiger partial charge < -0.3 is 5.32 Å². The fraction of sp³-hybridized carbons (Fsp3) is 0.111. The molecule has 0 saturated carbocycles. The second-order valence-corrected chi connectivity index (χ2v) is 8.99. The second-order valence-electron chi connectivity index (χ2n) is 8.99. The Morgan fingerprint density at radius 3 is 2.05 bits per heavy atom. The Labute approximate surface area is 222 Å². The number of anilines is 1. The van der Waals surface area contributed by atoms with Crippen molar-refractivity contribution < 1.29 is 0 Å². The molecule has 1 unspecified atom stereocenters. The molecular formula is C36H35N. The molecule has 0 aliphatic carbocycles. The number of hydrogen-bond acceptors (Lipinski definition) is 1. The smallest absolute Gasteiger partial charge is 0.0706 e. The van der Waals surface area contributed by atoms with Gasteiger partial charge in [-0.3, -0.25) is 0 Å². The summed E-state index contributed by atoms with van der Waals surface area (Å²) in [7, 11) is 0. The van der Waals surface area contributed by atoms with Gasteiger partial charge in [0.1, 0.15) is 0 Å². The molecule has 0 amide bonds. The lowest BCUT2D eigenvalue weighted by Crippen LogP contribution is -2.09. The van der Waals surface area contributed by atoms with E-state index < -0.39 is 0 Å². The van der Waals surface area contributed by atoms with Crippen molar-refractivity contribution in [3.63, 3.8) is 0 Å². The van der Waals surface area contributed by atoms with Crippen molar-refractivity contribution in [2.75, 3.05) is 5.32 Å². The Bertz CT molecular complexity index is 1330. The van der Waals surface area contributed by atoms with Crippen molar-refractivity contribution in [3.05, 3.63) is 163 Å². The van der Waals surface area contributed by atoms with Gasteiger partial charge in [-0.1, -0.05) is 134 Å². The molecule has 0 bridgehead atoms. The molecular weight excluding hydrogens is 446 g/mol. The van der Waals surface area contributed by atoms with Crippen molar-refractivity contribution in [1.82, 2.24) is 0 Å². The van der Waals surface area contributed by atoms with E-state index in [4.69, 9.17) is 0 Å². The normalized spacial score (nSPS) is 12.6. The molecule has 1 nitrogen and oxygen atoms in total. The monoisotopic (exact) mass is 481 g/mol. The zero-order valence-corrected chi connectivity index (χ0v) is 21.6. The van der Waals surface area contributed by atoms with E-state index >= 15 is 0 Å². The summed E-state index contributed by atoms with van der Waals surface area (Å²) in [5, 5.41) is 3.77. The molecule has 0 heterocycles. The fourth-order valence-corrected chi connectivity index (χ4v) is 4.28. The Morgan fingerprint density at radius 1 is 0.757 bits per heavy atom. The van der Waals surface area contributed by atoms with Crippen LogP contribution in [0.5, 0.6) is 0 Å². The van der Waals surface area contributed by atoms with Crippen molar-refractivity contribution in [1.29, 1.82) is 0 Å². The summed E-state index contributed by atoms with van der Waals surface area (Å²) < 4.78 is 0. The molecule has 1 N–H and O–H groups in total. The molecule has 0 aliphatic heterocycles. The summed E-state index contributed by atoms with van der Waals surface area (Å²) in [6.45, 7) is 5.86. The van der Waals surface area contributed by atoms with Crippen LogP contribution < -0.4 is 5.32 Å². The molecule has 0 aromatic heterocycles. The lowest BCUT2D eigenvalue weighted by Gasteiger charge is -2.19. The molecule has 184 valence electrons. The molecule has 4 rings (SSSR count). The quantitative estimate of drug-likeness (QED) is 0.128. The first-order chi connectivity index (χ1) is 18.3. The minimum absolute atomic E-state index is 0.00720. The van der Waals surface area contributed by atoms with Gasteiger partial charge in [0.05, 0.1) is 6.04 Å². The van der Waals surface area contributed by atoms with Gasteiger partial charge in [0, 0.05) is 5.69 Å². The number of unbranched alkanes of at least 4 members (excludes halogenated alkanes) is 1. The topological polar surface area (TPSA) is 12.0 Å². The van der Waals surface area contributed by atoms with Crippen LogP contribution in [0, 0.1) is 0 Å². The van der Waals surface area contributed by atoms with Gasteiger partial charge in [-0.2, -0.15) is 0 Å². The molecule has 1 heteroatoms. The van der Waals surface area contributed by atoms with Gasteiger partial charge >= 0.3 is 0 Å². The summed E-state index contributed by atoms with van der Waals surface area (Å²) in [5.74, 6) is 0. The van der Waals surface area contributed by atoms with Gasteiger partial charge in [0.2, 0.25) is 0 Å². The highest BCUT2D eigenvalue weighted by Crippen LogP contribution is 2.28. The maximum Gasteiger partial charge on any atom is 0.0706 e. The van der Waals surface area contributed by atoms with Crippen molar-refractivity contribution in [3.8, 4) is 11.1 Å². The van der Waals surface area contributed by atoms with Crippen molar-refractivity contribution >= 4 is 17.3 Å². The molecule has 0 radical (unpaired) electrons. The van der Waals surface area contributed by atoms with Crippen LogP contribution in [-0.2, 0) is 0 Å². The van der Waals surface area contributed by atoms with E-state index in [1.165, 1.54) is 33.4 Å². The van der Waals surface area contributed by atoms with Gasteiger partial charge in [0.15, 0.2) is 0 Å². The van der Waals surface area contributed by atoms with Crippen LogP contribution >= 0.6 is 0 Å². The number of rotatable bonds is 11. The van der Waals surface area contributed by atoms with Crippen LogP contribution in [0.15, 0.2) is 146 Å². The Kier molecular flexibility index (Phi) is 9.49. The third-order valence-corrected chi connectivity index (χ3v) is 6.26. The van der Waals surface area contributed by atoms with E-state index in [2.05, 4.69) is 152 Å². The Morgan fingerprint density at radius 2 is 1.41 bits per heavy atom. The minimum Gasteiger partial charge on any atom is -0.375 e. The van der Waals surface area contributed by atoms with Gasteiger partial charge in [0.25, 0.3) is 0 Å². The lowest BCUT2D eigenvalue weighted by molar-refractivity contribution is 0.986. The molecule has 4 aromatic rings. The average Bonchev–Trinajstić information content (AvgIpc) is 2.96. The summed E-state index contributed by atoms with van der Waals surface area (Å²) in [6.07, 6.45) is 15.0. The Balaban J connectivity index is 1.64. The van der Waals surface area contributed by atoms with Crippen molar-refractivity contribution in [2.24, 2.45) is 0 Å². The molecule has 0 fully saturated rings. The van der Waals surface area contributed by atoms with E-state index in [-0.39, 0.29) is 6.04 Å². The largest absolute Gasteiger partial charge is 0.375 e. The fourth-order valence-electron chi connectivity index (χ4n) is 4.28. The van der Waals surface area contributed by atoms with E-state index in [0.29, 0.717) is 0 Å². The average molecular weight is 482 g/mol. The van der Waals surface area contributed by atoms with E-state index in [1.807, 2.05) is 12.1 Å². The van der Waals surface area contributed by atoms with Crippen LogP contribution in [-0.4, -0.2) is 0 Å². The highest BCUT2D eigenvalue weighted by Gasteiger charge is 2.11. The first-order valence-corrected chi connectivity index (χ1v) is 13.0. The molecule has 0 aliphatic rings. The highest BCUT2D eigenvalue weighted by atomic mass is 14.9. The third kappa shape index (κ3) is 7.56. The highest BCUT2D eigenvalue weighted by molar-refractivity contribution is 5.75. The number of hydrogen-bond donors (Lipinski definition) is 1. The zero-order valence-electron chi connectivity index (χ0n) is 21.6. The summed E-state index contributed by atoms with van der Waals surface area (Å²) in [4.78, 5) is 0. The maximum atomic E-state index is 3.80. The molecule has 0 saturated heterocycles. The van der Waals surface area contributed by atoms with Crippen LogP contribution in [0.1, 0.15) is 42.5 Å². The Hall–Kier alpha value is -4.36. The summed E-state index contributed by atoms with van der Waals surface area (Å²) in [5.41, 5.74) is 8.34. The predicted octanol–water partition coefficient (Wildman–Crippen LogP) is 10.1. The van der Waals surface area contributed by atoms with Gasteiger partial charge in [-0.15, -0.1) is 6.58 Å². The maximum absolute atomic E-state index is 3.80. The van der Waals surface area contributed by atoms with E-state index in [1.54, 1.807) is 0 Å². The lowest BCUT2D eigenvalue weighted by atomic mass is 9.97. The standard InChI is InChI=1S/C36H35N/c1-3-5-6-9-15-29-20-22-33(23-21-29)36(28-34(14-4-2)31-18-12-8-13-19-31)37-35-26-24-32(25-27-35)30-16-10-7-11-17-30/h3-4,7-28,36-37H,1,5-6H2,2H3/b14-4-,15-9?,34-28+. The molecule has 37 heavy (non-hydrogen) atoms. The van der Waals surface area contributed by atoms with Crippen molar-refractivity contribution in [2.45, 2.75) is 25.8 Å². The first kappa shape index (κ1) is 25.7. The van der Waals surface area contributed by atoms with E-state index in [9.17, 15) is 0 Å².